The van der Waals surface area contributed by atoms with E-state index in [0.717, 1.165) is 0 Å². The normalized spacial score (nSPS) is 14.3. The van der Waals surface area contributed by atoms with Gasteiger partial charge in [-0.1, -0.05) is 0 Å². The Morgan fingerprint density at radius 2 is 1.50 bits per heavy atom. The second-order valence-electron chi connectivity index (χ2n) is 3.33. The number of nitrogens with zero attached hydrogens (tertiary/aromatic N) is 1. The number of halogens is 6. The number of alkyl halides is 6. The highest BCUT2D eigenvalue weighted by Crippen LogP contribution is 2.46. The average Bonchev–Trinajstić information content (AvgIpc) is 2.26. The minimum Gasteiger partial charge on any atom is -0.258 e. The number of hydrogen-bond acceptors (Lipinski definition) is 2. The fourth-order valence-corrected chi connectivity index (χ4v) is 1.12. The van der Waals surface area contributed by atoms with E-state index in [-0.39, 0.29) is 0 Å². The third-order valence-electron chi connectivity index (χ3n) is 2.09. The quantitative estimate of drug-likeness (QED) is 0.477. The molecule has 0 heterocycles. The zero-order chi connectivity index (χ0) is 14.1. The van der Waals surface area contributed by atoms with Gasteiger partial charge in [-0.25, -0.2) is 4.39 Å². The zero-order valence-corrected chi connectivity index (χ0v) is 8.42. The number of non-ortho nitro benzene ring substituents is 1. The van der Waals surface area contributed by atoms with Crippen LogP contribution in [0.15, 0.2) is 24.3 Å². The van der Waals surface area contributed by atoms with Crippen molar-refractivity contribution in [2.24, 2.45) is 0 Å². The Balaban J connectivity index is 3.04. The van der Waals surface area contributed by atoms with Crippen LogP contribution in [0.3, 0.4) is 0 Å². The molecular formula is C9H5F6NO2. The Hall–Kier alpha value is -1.80. The summed E-state index contributed by atoms with van der Waals surface area (Å²) in [6, 6.07) is 2.33. The molecule has 0 amide bonds. The van der Waals surface area contributed by atoms with Crippen LogP contribution in [0.1, 0.15) is 11.7 Å². The van der Waals surface area contributed by atoms with Gasteiger partial charge in [0, 0.05) is 12.1 Å². The minimum absolute atomic E-state index is 0.516. The molecule has 1 aromatic carbocycles. The molecule has 0 aliphatic rings. The SMILES string of the molecule is O=[N+]([O-])c1ccc(C(F)C(F)(F)C(F)(F)F)cc1. The second kappa shape index (κ2) is 4.46. The van der Waals surface area contributed by atoms with E-state index in [0.29, 0.717) is 24.3 Å². The summed E-state index contributed by atoms with van der Waals surface area (Å²) in [5, 5.41) is 10.2. The maximum Gasteiger partial charge on any atom is 0.456 e. The van der Waals surface area contributed by atoms with Crippen LogP contribution in [-0.2, 0) is 0 Å². The van der Waals surface area contributed by atoms with Gasteiger partial charge in [0.15, 0.2) is 6.17 Å². The van der Waals surface area contributed by atoms with E-state index in [9.17, 15) is 36.5 Å². The highest BCUT2D eigenvalue weighted by molar-refractivity contribution is 5.34. The van der Waals surface area contributed by atoms with Crippen molar-refractivity contribution in [1.82, 2.24) is 0 Å². The highest BCUT2D eigenvalue weighted by atomic mass is 19.4. The van der Waals surface area contributed by atoms with E-state index in [4.69, 9.17) is 0 Å². The van der Waals surface area contributed by atoms with Gasteiger partial charge in [0.05, 0.1) is 4.92 Å². The van der Waals surface area contributed by atoms with Crippen LogP contribution in [-0.4, -0.2) is 17.0 Å². The number of rotatable bonds is 3. The molecule has 0 saturated carbocycles. The molecule has 0 spiro atoms. The van der Waals surface area contributed by atoms with E-state index in [1.165, 1.54) is 0 Å². The van der Waals surface area contributed by atoms with Crippen molar-refractivity contribution in [3.63, 3.8) is 0 Å². The van der Waals surface area contributed by atoms with Gasteiger partial charge in [-0.3, -0.25) is 10.1 Å². The summed E-state index contributed by atoms with van der Waals surface area (Å²) in [7, 11) is 0. The van der Waals surface area contributed by atoms with Gasteiger partial charge in [-0.05, 0) is 17.7 Å². The average molecular weight is 273 g/mol. The molecule has 0 bridgehead atoms. The Morgan fingerprint density at radius 3 is 1.83 bits per heavy atom. The van der Waals surface area contributed by atoms with Gasteiger partial charge >= 0.3 is 12.1 Å². The Labute approximate surface area is 96.2 Å². The number of nitro benzene ring substituents is 1. The predicted octanol–water partition coefficient (Wildman–Crippen LogP) is 3.80. The van der Waals surface area contributed by atoms with Gasteiger partial charge in [0.1, 0.15) is 0 Å². The maximum atomic E-state index is 13.1. The minimum atomic E-state index is -6.03. The Morgan fingerprint density at radius 1 is 1.06 bits per heavy atom. The van der Waals surface area contributed by atoms with Gasteiger partial charge in [-0.2, -0.15) is 22.0 Å². The van der Waals surface area contributed by atoms with E-state index in [2.05, 4.69) is 0 Å². The number of nitro groups is 1. The fourth-order valence-electron chi connectivity index (χ4n) is 1.12. The highest BCUT2D eigenvalue weighted by Gasteiger charge is 2.63. The lowest BCUT2D eigenvalue weighted by Crippen LogP contribution is -2.40. The van der Waals surface area contributed by atoms with Crippen molar-refractivity contribution in [3.05, 3.63) is 39.9 Å². The Kier molecular flexibility index (Phi) is 3.54. The first-order valence-electron chi connectivity index (χ1n) is 4.40. The first kappa shape index (κ1) is 14.3. The predicted molar refractivity (Wildman–Crippen MR) is 47.9 cm³/mol. The van der Waals surface area contributed by atoms with Crippen LogP contribution in [0.4, 0.5) is 32.0 Å². The molecule has 100 valence electrons. The fraction of sp³-hybridized carbons (Fsp3) is 0.333. The van der Waals surface area contributed by atoms with Crippen molar-refractivity contribution >= 4 is 5.69 Å². The van der Waals surface area contributed by atoms with E-state index < -0.39 is 34.4 Å². The summed E-state index contributed by atoms with van der Waals surface area (Å²) in [6.45, 7) is 0. The van der Waals surface area contributed by atoms with Crippen LogP contribution < -0.4 is 0 Å². The molecular weight excluding hydrogens is 268 g/mol. The van der Waals surface area contributed by atoms with Crippen molar-refractivity contribution in [2.45, 2.75) is 18.3 Å². The largest absolute Gasteiger partial charge is 0.456 e. The van der Waals surface area contributed by atoms with Gasteiger partial charge < -0.3 is 0 Å². The van der Waals surface area contributed by atoms with Crippen molar-refractivity contribution < 1.29 is 31.3 Å². The second-order valence-corrected chi connectivity index (χ2v) is 3.33. The monoisotopic (exact) mass is 273 g/mol. The molecule has 1 aromatic rings. The Bertz CT molecular complexity index is 441. The molecule has 0 aromatic heterocycles. The summed E-state index contributed by atoms with van der Waals surface area (Å²) < 4.78 is 74.0. The smallest absolute Gasteiger partial charge is 0.258 e. The molecule has 18 heavy (non-hydrogen) atoms. The summed E-state index contributed by atoms with van der Waals surface area (Å²) in [5.74, 6) is -5.55. The molecule has 0 N–H and O–H groups in total. The summed E-state index contributed by atoms with van der Waals surface area (Å²) >= 11 is 0. The van der Waals surface area contributed by atoms with Crippen LogP contribution in [0.2, 0.25) is 0 Å². The first-order chi connectivity index (χ1) is 8.07. The van der Waals surface area contributed by atoms with Crippen LogP contribution in [0, 0.1) is 10.1 Å². The lowest BCUT2D eigenvalue weighted by atomic mass is 10.0. The van der Waals surface area contributed by atoms with Crippen molar-refractivity contribution in [2.75, 3.05) is 0 Å². The molecule has 0 saturated heterocycles. The van der Waals surface area contributed by atoms with E-state index in [1.54, 1.807) is 0 Å². The molecule has 0 aliphatic carbocycles. The topological polar surface area (TPSA) is 43.1 Å². The molecule has 1 rings (SSSR count). The summed E-state index contributed by atoms with van der Waals surface area (Å²) in [5.41, 5.74) is -1.52. The van der Waals surface area contributed by atoms with Crippen molar-refractivity contribution in [1.29, 1.82) is 0 Å². The summed E-state index contributed by atoms with van der Waals surface area (Å²) in [6.07, 6.45) is -9.65. The van der Waals surface area contributed by atoms with Crippen LogP contribution in [0.25, 0.3) is 0 Å². The molecule has 9 heteroatoms. The number of benzene rings is 1. The lowest BCUT2D eigenvalue weighted by Gasteiger charge is -2.23. The molecule has 1 unspecified atom stereocenters. The van der Waals surface area contributed by atoms with Crippen molar-refractivity contribution in [3.8, 4) is 0 Å². The standard InChI is InChI=1S/C9H5F6NO2/c10-7(8(11,12)9(13,14)15)5-1-3-6(4-2-5)16(17)18/h1-4,7H. The lowest BCUT2D eigenvalue weighted by molar-refractivity contribution is -0.384. The molecule has 0 fully saturated rings. The third-order valence-corrected chi connectivity index (χ3v) is 2.09. The first-order valence-corrected chi connectivity index (χ1v) is 4.40. The van der Waals surface area contributed by atoms with Crippen LogP contribution in [0.5, 0.6) is 0 Å². The van der Waals surface area contributed by atoms with E-state index in [1.807, 2.05) is 0 Å². The molecule has 1 atom stereocenters. The van der Waals surface area contributed by atoms with Gasteiger partial charge in [-0.15, -0.1) is 0 Å². The zero-order valence-electron chi connectivity index (χ0n) is 8.42. The van der Waals surface area contributed by atoms with Gasteiger partial charge in [0.25, 0.3) is 5.69 Å². The molecule has 3 nitrogen and oxygen atoms in total. The van der Waals surface area contributed by atoms with Crippen LogP contribution >= 0.6 is 0 Å². The maximum absolute atomic E-state index is 13.1. The third kappa shape index (κ3) is 2.54. The van der Waals surface area contributed by atoms with Gasteiger partial charge in [0.2, 0.25) is 0 Å². The summed E-state index contributed by atoms with van der Waals surface area (Å²) in [4.78, 5) is 9.33. The molecule has 0 radical (unpaired) electrons. The van der Waals surface area contributed by atoms with E-state index >= 15 is 0 Å². The molecule has 0 aliphatic heterocycles. The number of hydrogen-bond donors (Lipinski definition) is 0.